The van der Waals surface area contributed by atoms with Gasteiger partial charge in [-0.05, 0) is 43.7 Å². The maximum Gasteiger partial charge on any atom is 0.237 e. The van der Waals surface area contributed by atoms with Crippen LogP contribution in [0.5, 0.6) is 5.75 Å². The van der Waals surface area contributed by atoms with Gasteiger partial charge in [-0.25, -0.2) is 8.78 Å². The summed E-state index contributed by atoms with van der Waals surface area (Å²) in [6, 6.07) is 6.87. The smallest absolute Gasteiger partial charge is 0.237 e. The van der Waals surface area contributed by atoms with Crippen LogP contribution in [-0.2, 0) is 4.79 Å². The van der Waals surface area contributed by atoms with E-state index in [4.69, 9.17) is 16.3 Å². The molecule has 0 spiro atoms. The van der Waals surface area contributed by atoms with Crippen LogP contribution >= 0.6 is 23.4 Å². The summed E-state index contributed by atoms with van der Waals surface area (Å²) in [6.07, 6.45) is 0. The summed E-state index contributed by atoms with van der Waals surface area (Å²) >= 11 is 7.16. The Kier molecular flexibility index (Phi) is 6.07. The van der Waals surface area contributed by atoms with Gasteiger partial charge in [0, 0.05) is 16.0 Å². The first-order chi connectivity index (χ1) is 11.3. The quantitative estimate of drug-likeness (QED) is 0.747. The van der Waals surface area contributed by atoms with Crippen molar-refractivity contribution in [1.29, 1.82) is 0 Å². The standard InChI is InChI=1S/C17H16ClF2NO2S/c1-9-6-15(16(23-3)8-12(9)18)21-17(22)10(2)24-11-4-5-13(19)14(20)7-11/h4-8,10H,1-3H3,(H,21,22). The number of thioether (sulfide) groups is 1. The van der Waals surface area contributed by atoms with Gasteiger partial charge < -0.3 is 10.1 Å². The van der Waals surface area contributed by atoms with Crippen molar-refractivity contribution in [2.45, 2.75) is 24.0 Å². The van der Waals surface area contributed by atoms with Gasteiger partial charge in [0.1, 0.15) is 5.75 Å². The first-order valence-corrected chi connectivity index (χ1v) is 8.34. The van der Waals surface area contributed by atoms with Gasteiger partial charge in [0.25, 0.3) is 0 Å². The largest absolute Gasteiger partial charge is 0.495 e. The molecule has 1 atom stereocenters. The summed E-state index contributed by atoms with van der Waals surface area (Å²) in [5.74, 6) is -1.70. The van der Waals surface area contributed by atoms with E-state index in [1.165, 1.54) is 13.2 Å². The van der Waals surface area contributed by atoms with Gasteiger partial charge in [-0.3, -0.25) is 4.79 Å². The minimum absolute atomic E-state index is 0.287. The molecule has 128 valence electrons. The monoisotopic (exact) mass is 371 g/mol. The highest BCUT2D eigenvalue weighted by Crippen LogP contribution is 2.32. The van der Waals surface area contributed by atoms with E-state index in [1.807, 2.05) is 6.92 Å². The van der Waals surface area contributed by atoms with Crippen molar-refractivity contribution < 1.29 is 18.3 Å². The number of benzene rings is 2. The van der Waals surface area contributed by atoms with Crippen LogP contribution in [0.15, 0.2) is 35.2 Å². The lowest BCUT2D eigenvalue weighted by Gasteiger charge is -2.15. The van der Waals surface area contributed by atoms with Crippen molar-refractivity contribution in [1.82, 2.24) is 0 Å². The van der Waals surface area contributed by atoms with Gasteiger partial charge >= 0.3 is 0 Å². The Morgan fingerprint density at radius 3 is 2.58 bits per heavy atom. The third kappa shape index (κ3) is 4.39. The van der Waals surface area contributed by atoms with Crippen molar-refractivity contribution in [3.63, 3.8) is 0 Å². The summed E-state index contributed by atoms with van der Waals surface area (Å²) < 4.78 is 31.4. The number of carbonyl (C=O) groups excluding carboxylic acids is 1. The Morgan fingerprint density at radius 2 is 1.96 bits per heavy atom. The molecular formula is C17H16ClF2NO2S. The van der Waals surface area contributed by atoms with E-state index in [2.05, 4.69) is 5.32 Å². The Bertz CT molecular complexity index is 770. The number of amides is 1. The van der Waals surface area contributed by atoms with Crippen molar-refractivity contribution >= 4 is 35.0 Å². The first kappa shape index (κ1) is 18.5. The molecule has 0 radical (unpaired) electrons. The minimum Gasteiger partial charge on any atom is -0.495 e. The van der Waals surface area contributed by atoms with Gasteiger partial charge in [-0.2, -0.15) is 0 Å². The Labute approximate surface area is 148 Å². The number of methoxy groups -OCH3 is 1. The zero-order valence-corrected chi connectivity index (χ0v) is 14.9. The van der Waals surface area contributed by atoms with Crippen LogP contribution in [0.4, 0.5) is 14.5 Å². The fourth-order valence-electron chi connectivity index (χ4n) is 1.97. The fraction of sp³-hybridized carbons (Fsp3) is 0.235. The Hall–Kier alpha value is -1.79. The van der Waals surface area contributed by atoms with Crippen molar-refractivity contribution in [3.8, 4) is 5.75 Å². The second-order valence-corrected chi connectivity index (χ2v) is 6.95. The number of hydrogen-bond acceptors (Lipinski definition) is 3. The van der Waals surface area contributed by atoms with Crippen molar-refractivity contribution in [3.05, 3.63) is 52.6 Å². The highest BCUT2D eigenvalue weighted by Gasteiger charge is 2.18. The van der Waals surface area contributed by atoms with Crippen LogP contribution in [0.2, 0.25) is 5.02 Å². The molecule has 0 aromatic heterocycles. The third-order valence-corrected chi connectivity index (χ3v) is 4.81. The van der Waals surface area contributed by atoms with Crippen LogP contribution in [0.1, 0.15) is 12.5 Å². The van der Waals surface area contributed by atoms with Gasteiger partial charge in [-0.15, -0.1) is 11.8 Å². The van der Waals surface area contributed by atoms with E-state index < -0.39 is 16.9 Å². The molecule has 0 bridgehead atoms. The Morgan fingerprint density at radius 1 is 1.25 bits per heavy atom. The number of nitrogens with one attached hydrogen (secondary N) is 1. The summed E-state index contributed by atoms with van der Waals surface area (Å²) in [4.78, 5) is 12.8. The zero-order valence-electron chi connectivity index (χ0n) is 13.3. The molecular weight excluding hydrogens is 356 g/mol. The van der Waals surface area contributed by atoms with Crippen molar-refractivity contribution in [2.24, 2.45) is 0 Å². The second-order valence-electron chi connectivity index (χ2n) is 5.13. The molecule has 3 nitrogen and oxygen atoms in total. The number of hydrogen-bond donors (Lipinski definition) is 1. The van der Waals surface area contributed by atoms with E-state index in [0.717, 1.165) is 29.5 Å². The maximum atomic E-state index is 13.2. The van der Waals surface area contributed by atoms with E-state index >= 15 is 0 Å². The first-order valence-electron chi connectivity index (χ1n) is 7.08. The molecule has 0 aliphatic heterocycles. The van der Waals surface area contributed by atoms with Gasteiger partial charge in [-0.1, -0.05) is 11.6 Å². The normalized spacial score (nSPS) is 11.9. The zero-order chi connectivity index (χ0) is 17.9. The topological polar surface area (TPSA) is 38.3 Å². The van der Waals surface area contributed by atoms with Crippen LogP contribution in [0, 0.1) is 18.6 Å². The summed E-state index contributed by atoms with van der Waals surface area (Å²) in [7, 11) is 1.48. The molecule has 24 heavy (non-hydrogen) atoms. The highest BCUT2D eigenvalue weighted by molar-refractivity contribution is 8.00. The Balaban J connectivity index is 2.11. The molecule has 2 aromatic carbocycles. The maximum absolute atomic E-state index is 13.2. The molecule has 2 rings (SSSR count). The molecule has 7 heteroatoms. The van der Waals surface area contributed by atoms with E-state index in [9.17, 15) is 13.6 Å². The van der Waals surface area contributed by atoms with Gasteiger partial charge in [0.05, 0.1) is 18.0 Å². The lowest BCUT2D eigenvalue weighted by atomic mass is 10.2. The number of aryl methyl sites for hydroxylation is 1. The SMILES string of the molecule is COc1cc(Cl)c(C)cc1NC(=O)C(C)Sc1ccc(F)c(F)c1. The fourth-order valence-corrected chi connectivity index (χ4v) is 3.02. The molecule has 0 saturated carbocycles. The second kappa shape index (κ2) is 7.85. The van der Waals surface area contributed by atoms with E-state index in [0.29, 0.717) is 21.4 Å². The predicted octanol–water partition coefficient (Wildman–Crippen LogP) is 5.05. The molecule has 1 unspecified atom stereocenters. The average molecular weight is 372 g/mol. The lowest BCUT2D eigenvalue weighted by Crippen LogP contribution is -2.22. The third-order valence-electron chi connectivity index (χ3n) is 3.31. The summed E-state index contributed by atoms with van der Waals surface area (Å²) in [5.41, 5.74) is 1.30. The molecule has 0 fully saturated rings. The number of rotatable bonds is 5. The van der Waals surface area contributed by atoms with Crippen LogP contribution in [0.3, 0.4) is 0 Å². The van der Waals surface area contributed by atoms with E-state index in [-0.39, 0.29) is 5.91 Å². The summed E-state index contributed by atoms with van der Waals surface area (Å²) in [5, 5.41) is 2.78. The number of halogens is 3. The molecule has 0 aliphatic rings. The minimum atomic E-state index is -0.942. The average Bonchev–Trinajstić information content (AvgIpc) is 2.54. The molecule has 1 N–H and O–H groups in total. The highest BCUT2D eigenvalue weighted by atomic mass is 35.5. The lowest BCUT2D eigenvalue weighted by molar-refractivity contribution is -0.115. The van der Waals surface area contributed by atoms with Crippen LogP contribution in [-0.4, -0.2) is 18.3 Å². The predicted molar refractivity (Wildman–Crippen MR) is 93.0 cm³/mol. The molecule has 0 heterocycles. The molecule has 1 amide bonds. The van der Waals surface area contributed by atoms with Gasteiger partial charge in [0.15, 0.2) is 11.6 Å². The molecule has 0 aliphatic carbocycles. The molecule has 2 aromatic rings. The summed E-state index contributed by atoms with van der Waals surface area (Å²) in [6.45, 7) is 3.49. The van der Waals surface area contributed by atoms with Crippen LogP contribution in [0.25, 0.3) is 0 Å². The number of ether oxygens (including phenoxy) is 1. The van der Waals surface area contributed by atoms with Gasteiger partial charge in [0.2, 0.25) is 5.91 Å². The van der Waals surface area contributed by atoms with E-state index in [1.54, 1.807) is 19.1 Å². The van der Waals surface area contributed by atoms with Crippen molar-refractivity contribution in [2.75, 3.05) is 12.4 Å². The number of carbonyl (C=O) groups is 1. The molecule has 0 saturated heterocycles. The number of anilines is 1. The van der Waals surface area contributed by atoms with Crippen LogP contribution < -0.4 is 10.1 Å².